The Labute approximate surface area is 114 Å². The van der Waals surface area contributed by atoms with Crippen LogP contribution < -0.4 is 10.1 Å². The number of carbonyl (C=O) groups is 1. The second-order valence-corrected chi connectivity index (χ2v) is 4.80. The van der Waals surface area contributed by atoms with Crippen LogP contribution in [0.25, 0.3) is 0 Å². The molecule has 0 fully saturated rings. The first-order chi connectivity index (χ1) is 8.99. The summed E-state index contributed by atoms with van der Waals surface area (Å²) in [6.07, 6.45) is 0. The molecule has 0 aliphatic heterocycles. The van der Waals surface area contributed by atoms with E-state index in [2.05, 4.69) is 17.1 Å². The van der Waals surface area contributed by atoms with Crippen LogP contribution in [0.15, 0.2) is 24.3 Å². The number of hydrogen-bond acceptors (Lipinski definition) is 4. The van der Waals surface area contributed by atoms with Gasteiger partial charge in [0, 0.05) is 19.1 Å². The van der Waals surface area contributed by atoms with Gasteiger partial charge in [-0.2, -0.15) is 0 Å². The number of nitrogens with one attached hydrogen (secondary N) is 1. The lowest BCUT2D eigenvalue weighted by Crippen LogP contribution is -2.37. The van der Waals surface area contributed by atoms with Crippen LogP contribution in [0.2, 0.25) is 0 Å². The molecule has 1 atom stereocenters. The molecule has 1 unspecified atom stereocenters. The lowest BCUT2D eigenvalue weighted by Gasteiger charge is -2.18. The highest BCUT2D eigenvalue weighted by Gasteiger charge is 2.04. The SMILES string of the molecule is CC(CN(C)C)NCCOc1cccc(C(=O)O)c1. The van der Waals surface area contributed by atoms with E-state index in [9.17, 15) is 4.79 Å². The van der Waals surface area contributed by atoms with Gasteiger partial charge in [0.1, 0.15) is 12.4 Å². The zero-order chi connectivity index (χ0) is 14.3. The Hall–Kier alpha value is -1.59. The fraction of sp³-hybridized carbons (Fsp3) is 0.500. The maximum atomic E-state index is 10.8. The normalized spacial score (nSPS) is 12.4. The molecular weight excluding hydrogens is 244 g/mol. The number of rotatable bonds is 8. The minimum absolute atomic E-state index is 0.242. The number of carboxylic acids is 1. The van der Waals surface area contributed by atoms with E-state index in [1.165, 1.54) is 6.07 Å². The van der Waals surface area contributed by atoms with Crippen LogP contribution in [0, 0.1) is 0 Å². The van der Waals surface area contributed by atoms with Gasteiger partial charge in [0.05, 0.1) is 5.56 Å². The molecule has 0 saturated carbocycles. The van der Waals surface area contributed by atoms with Crippen molar-refractivity contribution in [3.8, 4) is 5.75 Å². The van der Waals surface area contributed by atoms with E-state index >= 15 is 0 Å². The Kier molecular flexibility index (Phi) is 6.32. The highest BCUT2D eigenvalue weighted by molar-refractivity contribution is 5.87. The van der Waals surface area contributed by atoms with Gasteiger partial charge < -0.3 is 20.1 Å². The highest BCUT2D eigenvalue weighted by atomic mass is 16.5. The van der Waals surface area contributed by atoms with Crippen molar-refractivity contribution in [2.75, 3.05) is 33.8 Å². The van der Waals surface area contributed by atoms with Crippen molar-refractivity contribution < 1.29 is 14.6 Å². The quantitative estimate of drug-likeness (QED) is 0.695. The Balaban J connectivity index is 2.29. The molecule has 0 saturated heterocycles. The van der Waals surface area contributed by atoms with Crippen molar-refractivity contribution in [3.63, 3.8) is 0 Å². The van der Waals surface area contributed by atoms with Crippen LogP contribution in [0.5, 0.6) is 5.75 Å². The van der Waals surface area contributed by atoms with E-state index in [0.717, 1.165) is 13.1 Å². The molecule has 0 radical (unpaired) electrons. The lowest BCUT2D eigenvalue weighted by molar-refractivity contribution is 0.0696. The first-order valence-electron chi connectivity index (χ1n) is 6.33. The van der Waals surface area contributed by atoms with Gasteiger partial charge in [-0.25, -0.2) is 4.79 Å². The van der Waals surface area contributed by atoms with Gasteiger partial charge in [0.25, 0.3) is 0 Å². The molecule has 0 aliphatic rings. The van der Waals surface area contributed by atoms with Gasteiger partial charge in [-0.05, 0) is 39.2 Å². The molecule has 1 aromatic carbocycles. The molecule has 0 aliphatic carbocycles. The molecule has 0 bridgehead atoms. The summed E-state index contributed by atoms with van der Waals surface area (Å²) in [6, 6.07) is 6.92. The average molecular weight is 266 g/mol. The number of nitrogens with zero attached hydrogens (tertiary/aromatic N) is 1. The zero-order valence-electron chi connectivity index (χ0n) is 11.7. The molecule has 5 heteroatoms. The Morgan fingerprint density at radius 3 is 2.84 bits per heavy atom. The van der Waals surface area contributed by atoms with E-state index in [-0.39, 0.29) is 5.56 Å². The topological polar surface area (TPSA) is 61.8 Å². The molecule has 2 N–H and O–H groups in total. The number of likely N-dealkylation sites (N-methyl/N-ethyl adjacent to an activating group) is 1. The summed E-state index contributed by atoms with van der Waals surface area (Å²) in [5, 5.41) is 12.2. The van der Waals surface area contributed by atoms with Crippen molar-refractivity contribution in [3.05, 3.63) is 29.8 Å². The lowest BCUT2D eigenvalue weighted by atomic mass is 10.2. The minimum Gasteiger partial charge on any atom is -0.492 e. The summed E-state index contributed by atoms with van der Waals surface area (Å²) in [4.78, 5) is 12.9. The van der Waals surface area contributed by atoms with Gasteiger partial charge in [-0.15, -0.1) is 0 Å². The van der Waals surface area contributed by atoms with E-state index in [1.807, 2.05) is 14.1 Å². The Bertz CT molecular complexity index is 407. The van der Waals surface area contributed by atoms with Gasteiger partial charge >= 0.3 is 5.97 Å². The summed E-state index contributed by atoms with van der Waals surface area (Å²) in [5.41, 5.74) is 0.242. The fourth-order valence-corrected chi connectivity index (χ4v) is 1.81. The van der Waals surface area contributed by atoms with Crippen LogP contribution >= 0.6 is 0 Å². The number of hydrogen-bond donors (Lipinski definition) is 2. The van der Waals surface area contributed by atoms with Gasteiger partial charge in [-0.1, -0.05) is 6.07 Å². The maximum absolute atomic E-state index is 10.8. The van der Waals surface area contributed by atoms with E-state index in [4.69, 9.17) is 9.84 Å². The summed E-state index contributed by atoms with van der Waals surface area (Å²) in [6.45, 7) is 4.33. The first-order valence-corrected chi connectivity index (χ1v) is 6.33. The molecular formula is C14H22N2O3. The van der Waals surface area contributed by atoms with E-state index < -0.39 is 5.97 Å². The molecule has 0 aromatic heterocycles. The molecule has 0 spiro atoms. The van der Waals surface area contributed by atoms with Crippen molar-refractivity contribution in [2.45, 2.75) is 13.0 Å². The average Bonchev–Trinajstić information content (AvgIpc) is 2.34. The third-order valence-corrected chi connectivity index (χ3v) is 2.58. The van der Waals surface area contributed by atoms with Crippen LogP contribution in [-0.2, 0) is 0 Å². The number of ether oxygens (including phenoxy) is 1. The van der Waals surface area contributed by atoms with Crippen LogP contribution in [0.1, 0.15) is 17.3 Å². The smallest absolute Gasteiger partial charge is 0.335 e. The largest absolute Gasteiger partial charge is 0.492 e. The van der Waals surface area contributed by atoms with Crippen LogP contribution in [0.3, 0.4) is 0 Å². The molecule has 0 heterocycles. The van der Waals surface area contributed by atoms with Crippen LogP contribution in [-0.4, -0.2) is 55.8 Å². The maximum Gasteiger partial charge on any atom is 0.335 e. The molecule has 5 nitrogen and oxygen atoms in total. The standard InChI is InChI=1S/C14H22N2O3/c1-11(10-16(2)3)15-7-8-19-13-6-4-5-12(9-13)14(17)18/h4-6,9,11,15H,7-8,10H2,1-3H3,(H,17,18). The third-order valence-electron chi connectivity index (χ3n) is 2.58. The number of aromatic carboxylic acids is 1. The van der Waals surface area contributed by atoms with Gasteiger partial charge in [0.2, 0.25) is 0 Å². The van der Waals surface area contributed by atoms with Gasteiger partial charge in [-0.3, -0.25) is 0 Å². The Morgan fingerprint density at radius 1 is 1.47 bits per heavy atom. The molecule has 106 valence electrons. The summed E-state index contributed by atoms with van der Waals surface area (Å²) < 4.78 is 5.51. The Morgan fingerprint density at radius 2 is 2.21 bits per heavy atom. The van der Waals surface area contributed by atoms with Crippen molar-refractivity contribution >= 4 is 5.97 Å². The van der Waals surface area contributed by atoms with Gasteiger partial charge in [0.15, 0.2) is 0 Å². The molecule has 1 aromatic rings. The van der Waals surface area contributed by atoms with Crippen LogP contribution in [0.4, 0.5) is 0 Å². The van der Waals surface area contributed by atoms with E-state index in [0.29, 0.717) is 18.4 Å². The van der Waals surface area contributed by atoms with Crippen molar-refractivity contribution in [1.82, 2.24) is 10.2 Å². The predicted octanol–water partition coefficient (Wildman–Crippen LogP) is 1.30. The fourth-order valence-electron chi connectivity index (χ4n) is 1.81. The summed E-state index contributed by atoms with van der Waals surface area (Å²) >= 11 is 0. The number of benzene rings is 1. The number of carboxylic acid groups (broad SMARTS) is 1. The second kappa shape index (κ2) is 7.76. The second-order valence-electron chi connectivity index (χ2n) is 4.80. The first kappa shape index (κ1) is 15.5. The van der Waals surface area contributed by atoms with E-state index in [1.54, 1.807) is 18.2 Å². The molecule has 1 rings (SSSR count). The highest BCUT2D eigenvalue weighted by Crippen LogP contribution is 2.12. The predicted molar refractivity (Wildman–Crippen MR) is 74.9 cm³/mol. The zero-order valence-corrected chi connectivity index (χ0v) is 11.7. The summed E-state index contributed by atoms with van der Waals surface area (Å²) in [5.74, 6) is -0.356. The summed E-state index contributed by atoms with van der Waals surface area (Å²) in [7, 11) is 4.07. The molecule has 19 heavy (non-hydrogen) atoms. The third kappa shape index (κ3) is 6.22. The van der Waals surface area contributed by atoms with Crippen molar-refractivity contribution in [1.29, 1.82) is 0 Å². The monoisotopic (exact) mass is 266 g/mol. The molecule has 0 amide bonds. The minimum atomic E-state index is -0.941. The van der Waals surface area contributed by atoms with Crippen molar-refractivity contribution in [2.24, 2.45) is 0 Å².